The number of hydrogen-bond donors (Lipinski definition) is 0. The van der Waals surface area contributed by atoms with Crippen molar-refractivity contribution in [2.24, 2.45) is 0 Å². The van der Waals surface area contributed by atoms with E-state index >= 15 is 0 Å². The van der Waals surface area contributed by atoms with E-state index in [0.29, 0.717) is 30.3 Å². The standard InChI is InChI=1S/C22H20O4.CH2O3.2K/c1-24-22(23)19-12-13-20(25-15-17-8-4-2-5-9-17)21(14-19)26-16-18-10-6-3-7-11-18;2-1(3)4;;/h2-14H,15-16H2,1H3;(H2,2,3,4);;/q;;2*+1/p-2. The van der Waals surface area contributed by atoms with Crippen LogP contribution in [0.15, 0.2) is 78.9 Å². The van der Waals surface area contributed by atoms with E-state index in [1.807, 2.05) is 60.7 Å². The molecule has 3 rings (SSSR count). The maximum absolute atomic E-state index is 11.8. The molecule has 0 aliphatic heterocycles. The maximum atomic E-state index is 11.8. The third-order valence-corrected chi connectivity index (χ3v) is 3.84. The first-order chi connectivity index (χ1) is 14.5. The van der Waals surface area contributed by atoms with Crippen LogP contribution in [0.4, 0.5) is 4.79 Å². The summed E-state index contributed by atoms with van der Waals surface area (Å²) in [6.07, 6.45) is -2.33. The van der Waals surface area contributed by atoms with Crippen molar-refractivity contribution < 1.29 is 137 Å². The van der Waals surface area contributed by atoms with Crippen molar-refractivity contribution in [1.82, 2.24) is 0 Å². The summed E-state index contributed by atoms with van der Waals surface area (Å²) in [6.45, 7) is 0.799. The molecule has 0 fully saturated rings. The molecule has 3 aromatic carbocycles. The van der Waals surface area contributed by atoms with Gasteiger partial charge in [-0.05, 0) is 35.5 Å². The topological polar surface area (TPSA) is 108 Å². The van der Waals surface area contributed by atoms with Crippen molar-refractivity contribution in [2.45, 2.75) is 13.2 Å². The van der Waals surface area contributed by atoms with Crippen LogP contribution in [0.3, 0.4) is 0 Å². The third kappa shape index (κ3) is 11.9. The van der Waals surface area contributed by atoms with E-state index in [9.17, 15) is 4.79 Å². The molecule has 0 amide bonds. The second kappa shape index (κ2) is 17.7. The Bertz CT molecular complexity index is 947. The zero-order valence-corrected chi connectivity index (χ0v) is 24.5. The Balaban J connectivity index is 0.00000148. The summed E-state index contributed by atoms with van der Waals surface area (Å²) >= 11 is 0. The molecule has 0 aliphatic rings. The van der Waals surface area contributed by atoms with Gasteiger partial charge in [-0.15, -0.1) is 0 Å². The molecule has 0 heterocycles. The molecule has 0 unspecified atom stereocenters. The molecule has 0 aliphatic carbocycles. The summed E-state index contributed by atoms with van der Waals surface area (Å²) in [4.78, 5) is 20.1. The maximum Gasteiger partial charge on any atom is 1.00 e. The number of carbonyl (C=O) groups excluding carboxylic acids is 2. The van der Waals surface area contributed by atoms with Crippen molar-refractivity contribution in [3.63, 3.8) is 0 Å². The van der Waals surface area contributed by atoms with E-state index in [1.54, 1.807) is 18.2 Å². The fourth-order valence-corrected chi connectivity index (χ4v) is 2.46. The van der Waals surface area contributed by atoms with Crippen molar-refractivity contribution >= 4 is 12.1 Å². The van der Waals surface area contributed by atoms with Gasteiger partial charge in [0, 0.05) is 0 Å². The summed E-state index contributed by atoms with van der Waals surface area (Å²) in [5.74, 6) is 0.675. The Morgan fingerprint density at radius 1 is 0.719 bits per heavy atom. The van der Waals surface area contributed by atoms with Gasteiger partial charge in [-0.1, -0.05) is 60.7 Å². The van der Waals surface area contributed by atoms with Gasteiger partial charge < -0.3 is 29.2 Å². The molecular weight excluding hydrogens is 466 g/mol. The van der Waals surface area contributed by atoms with Gasteiger partial charge in [0.05, 0.1) is 12.7 Å². The van der Waals surface area contributed by atoms with E-state index in [1.165, 1.54) is 7.11 Å². The Hall–Kier alpha value is -0.727. The number of esters is 1. The molecule has 3 aromatic rings. The molecule has 0 N–H and O–H groups in total. The van der Waals surface area contributed by atoms with Crippen LogP contribution in [0.5, 0.6) is 11.5 Å². The molecule has 7 nitrogen and oxygen atoms in total. The molecular formula is C23H20K2O7. The van der Waals surface area contributed by atoms with Gasteiger partial charge in [-0.25, -0.2) is 4.79 Å². The molecule has 0 saturated heterocycles. The first-order valence-corrected chi connectivity index (χ1v) is 8.93. The van der Waals surface area contributed by atoms with Gasteiger partial charge in [-0.2, -0.15) is 0 Å². The van der Waals surface area contributed by atoms with Crippen LogP contribution in [0, 0.1) is 0 Å². The summed E-state index contributed by atoms with van der Waals surface area (Å²) in [5, 5.41) is 16.7. The number of rotatable bonds is 7. The van der Waals surface area contributed by atoms with E-state index in [-0.39, 0.29) is 103 Å². The van der Waals surface area contributed by atoms with Crippen LogP contribution in [0.25, 0.3) is 0 Å². The minimum atomic E-state index is -2.33. The van der Waals surface area contributed by atoms with Gasteiger partial charge in [0.2, 0.25) is 0 Å². The summed E-state index contributed by atoms with van der Waals surface area (Å²) in [7, 11) is 1.35. The number of hydrogen-bond acceptors (Lipinski definition) is 7. The van der Waals surface area contributed by atoms with Gasteiger partial charge in [0.25, 0.3) is 0 Å². The fourth-order valence-electron chi connectivity index (χ4n) is 2.46. The number of carboxylic acid groups (broad SMARTS) is 2. The second-order valence-corrected chi connectivity index (χ2v) is 5.95. The summed E-state index contributed by atoms with van der Waals surface area (Å²) in [5.41, 5.74) is 2.51. The SMILES string of the molecule is COC(=O)c1ccc(OCc2ccccc2)c(OCc2ccccc2)c1.O=C([O-])[O-].[K+].[K+]. The van der Waals surface area contributed by atoms with Crippen molar-refractivity contribution in [2.75, 3.05) is 7.11 Å². The summed E-state index contributed by atoms with van der Waals surface area (Å²) < 4.78 is 16.6. The van der Waals surface area contributed by atoms with Crippen LogP contribution in [-0.4, -0.2) is 19.2 Å². The van der Waals surface area contributed by atoms with Crippen LogP contribution >= 0.6 is 0 Å². The van der Waals surface area contributed by atoms with E-state index in [2.05, 4.69) is 0 Å². The number of methoxy groups -OCH3 is 1. The Morgan fingerprint density at radius 3 is 1.59 bits per heavy atom. The number of benzene rings is 3. The second-order valence-electron chi connectivity index (χ2n) is 5.95. The predicted octanol–water partition coefficient (Wildman–Crippen LogP) is -3.81. The molecule has 0 saturated carbocycles. The quantitative estimate of drug-likeness (QED) is 0.249. The zero-order valence-electron chi connectivity index (χ0n) is 18.3. The number of ether oxygens (including phenoxy) is 3. The fraction of sp³-hybridized carbons (Fsp3) is 0.130. The molecule has 0 radical (unpaired) electrons. The van der Waals surface area contributed by atoms with Gasteiger partial charge in [0.1, 0.15) is 13.2 Å². The molecule has 32 heavy (non-hydrogen) atoms. The summed E-state index contributed by atoms with van der Waals surface area (Å²) in [6, 6.07) is 24.7. The average Bonchev–Trinajstić information content (AvgIpc) is 2.77. The largest absolute Gasteiger partial charge is 1.00 e. The van der Waals surface area contributed by atoms with Crippen LogP contribution < -0.4 is 122 Å². The first kappa shape index (κ1) is 31.3. The van der Waals surface area contributed by atoms with Crippen LogP contribution in [0.2, 0.25) is 0 Å². The molecule has 0 bridgehead atoms. The first-order valence-electron chi connectivity index (χ1n) is 8.93. The third-order valence-electron chi connectivity index (χ3n) is 3.84. The minimum absolute atomic E-state index is 0. The number of carbonyl (C=O) groups is 2. The van der Waals surface area contributed by atoms with Crippen molar-refractivity contribution in [1.29, 1.82) is 0 Å². The minimum Gasteiger partial charge on any atom is -0.652 e. The van der Waals surface area contributed by atoms with E-state index < -0.39 is 12.1 Å². The predicted molar refractivity (Wildman–Crippen MR) is 105 cm³/mol. The Labute approximate surface area is 271 Å². The van der Waals surface area contributed by atoms with Crippen molar-refractivity contribution in [3.05, 3.63) is 95.6 Å². The monoisotopic (exact) mass is 486 g/mol. The zero-order chi connectivity index (χ0) is 21.8. The van der Waals surface area contributed by atoms with E-state index in [0.717, 1.165) is 11.1 Å². The average molecular weight is 487 g/mol. The van der Waals surface area contributed by atoms with Gasteiger partial charge in [0.15, 0.2) is 11.5 Å². The van der Waals surface area contributed by atoms with Crippen LogP contribution in [0.1, 0.15) is 21.5 Å². The molecule has 0 atom stereocenters. The molecule has 0 aromatic heterocycles. The molecule has 9 heteroatoms. The van der Waals surface area contributed by atoms with Crippen LogP contribution in [-0.2, 0) is 18.0 Å². The van der Waals surface area contributed by atoms with Gasteiger partial charge in [-0.3, -0.25) is 0 Å². The van der Waals surface area contributed by atoms with Gasteiger partial charge >= 0.3 is 109 Å². The smallest absolute Gasteiger partial charge is 0.652 e. The van der Waals surface area contributed by atoms with Crippen molar-refractivity contribution in [3.8, 4) is 11.5 Å². The van der Waals surface area contributed by atoms with E-state index in [4.69, 9.17) is 29.2 Å². The molecule has 156 valence electrons. The Kier molecular flexibility index (Phi) is 17.3. The molecule has 0 spiro atoms. The Morgan fingerprint density at radius 2 is 1.16 bits per heavy atom. The normalized spacial score (nSPS) is 9.03.